The van der Waals surface area contributed by atoms with Gasteiger partial charge in [0.25, 0.3) is 5.56 Å². The number of aryl methyl sites for hydroxylation is 1. The number of fused-ring (bicyclic) bond motifs is 3. The normalized spacial score (nSPS) is 11.4. The molecule has 3 aromatic heterocycles. The van der Waals surface area contributed by atoms with Crippen molar-refractivity contribution < 1.29 is 9.47 Å². The maximum absolute atomic E-state index is 13.0. The predicted molar refractivity (Wildman–Crippen MR) is 121 cm³/mol. The summed E-state index contributed by atoms with van der Waals surface area (Å²) in [5, 5.41) is 0. The Morgan fingerprint density at radius 2 is 1.69 bits per heavy atom. The van der Waals surface area contributed by atoms with Crippen molar-refractivity contribution in [1.82, 2.24) is 23.1 Å². The number of benzene rings is 2. The maximum atomic E-state index is 13.0. The molecule has 0 saturated carbocycles. The fourth-order valence-corrected chi connectivity index (χ4v) is 4.01. The second-order valence-corrected chi connectivity index (χ2v) is 7.41. The van der Waals surface area contributed by atoms with Crippen molar-refractivity contribution in [2.24, 2.45) is 14.1 Å². The van der Waals surface area contributed by atoms with Crippen LogP contribution < -0.4 is 20.7 Å². The largest absolute Gasteiger partial charge is 0.497 e. The van der Waals surface area contributed by atoms with E-state index in [9.17, 15) is 9.59 Å². The first-order valence-corrected chi connectivity index (χ1v) is 9.93. The van der Waals surface area contributed by atoms with E-state index in [0.717, 1.165) is 21.5 Å². The Balaban J connectivity index is 1.98. The van der Waals surface area contributed by atoms with E-state index < -0.39 is 11.2 Å². The first kappa shape index (κ1) is 19.7. The Kier molecular flexibility index (Phi) is 4.40. The molecule has 0 amide bonds. The zero-order valence-electron chi connectivity index (χ0n) is 18.1. The van der Waals surface area contributed by atoms with Crippen LogP contribution in [0.15, 0.2) is 64.3 Å². The van der Waals surface area contributed by atoms with E-state index in [0.29, 0.717) is 28.4 Å². The van der Waals surface area contributed by atoms with Crippen LogP contribution in [0.1, 0.15) is 0 Å². The highest BCUT2D eigenvalue weighted by molar-refractivity contribution is 5.80. The van der Waals surface area contributed by atoms with Gasteiger partial charge in [0.1, 0.15) is 11.5 Å². The monoisotopic (exact) mass is 431 g/mol. The lowest BCUT2D eigenvalue weighted by molar-refractivity contribution is 0.413. The van der Waals surface area contributed by atoms with Gasteiger partial charge in [-0.3, -0.25) is 22.9 Å². The highest BCUT2D eigenvalue weighted by Crippen LogP contribution is 2.33. The third kappa shape index (κ3) is 2.67. The quantitative estimate of drug-likeness (QED) is 0.436. The smallest absolute Gasteiger partial charge is 0.332 e. The molecule has 0 aliphatic rings. The zero-order chi connectivity index (χ0) is 22.6. The minimum absolute atomic E-state index is 0.314. The molecule has 2 aromatic carbocycles. The van der Waals surface area contributed by atoms with Crippen LogP contribution in [0.4, 0.5) is 0 Å². The number of para-hydroxylation sites is 2. The lowest BCUT2D eigenvalue weighted by atomic mass is 10.1. The number of imidazole rings is 2. The van der Waals surface area contributed by atoms with Gasteiger partial charge in [-0.25, -0.2) is 4.79 Å². The highest BCUT2D eigenvalue weighted by atomic mass is 16.5. The maximum Gasteiger partial charge on any atom is 0.332 e. The topological polar surface area (TPSA) is 84.7 Å². The molecule has 0 N–H and O–H groups in total. The molecule has 0 fully saturated rings. The van der Waals surface area contributed by atoms with Gasteiger partial charge in [0.15, 0.2) is 11.2 Å². The molecule has 5 rings (SSSR count). The third-order valence-electron chi connectivity index (χ3n) is 5.66. The lowest BCUT2D eigenvalue weighted by Gasteiger charge is -2.13. The van der Waals surface area contributed by atoms with Crippen molar-refractivity contribution in [3.8, 4) is 28.4 Å². The van der Waals surface area contributed by atoms with Crippen molar-refractivity contribution in [3.05, 3.63) is 75.6 Å². The van der Waals surface area contributed by atoms with Gasteiger partial charge in [0, 0.05) is 25.9 Å². The van der Waals surface area contributed by atoms with Crippen LogP contribution in [0, 0.1) is 0 Å². The van der Waals surface area contributed by atoms with Crippen LogP contribution in [-0.2, 0) is 14.1 Å². The molecule has 0 saturated heterocycles. The summed E-state index contributed by atoms with van der Waals surface area (Å²) >= 11 is 0. The highest BCUT2D eigenvalue weighted by Gasteiger charge is 2.23. The minimum atomic E-state index is -0.430. The summed E-state index contributed by atoms with van der Waals surface area (Å²) in [5.74, 6) is 1.83. The summed E-state index contributed by atoms with van der Waals surface area (Å²) in [6, 6.07) is 15.2. The number of rotatable bonds is 4. The molecule has 3 heterocycles. The van der Waals surface area contributed by atoms with E-state index in [1.165, 1.54) is 11.6 Å². The second kappa shape index (κ2) is 7.16. The van der Waals surface area contributed by atoms with Crippen LogP contribution >= 0.6 is 0 Å². The number of hydrogen-bond donors (Lipinski definition) is 0. The molecule has 9 nitrogen and oxygen atoms in total. The van der Waals surface area contributed by atoms with Gasteiger partial charge >= 0.3 is 5.69 Å². The Bertz CT molecular complexity index is 1620. The lowest BCUT2D eigenvalue weighted by Crippen LogP contribution is -2.37. The Hall–Kier alpha value is -4.27. The Morgan fingerprint density at radius 1 is 0.906 bits per heavy atom. The number of ether oxygens (including phenoxy) is 2. The average molecular weight is 431 g/mol. The van der Waals surface area contributed by atoms with Crippen molar-refractivity contribution >= 4 is 16.9 Å². The van der Waals surface area contributed by atoms with Crippen LogP contribution in [-0.4, -0.2) is 37.3 Å². The molecule has 32 heavy (non-hydrogen) atoms. The van der Waals surface area contributed by atoms with Crippen molar-refractivity contribution in [1.29, 1.82) is 0 Å². The summed E-state index contributed by atoms with van der Waals surface area (Å²) in [6.07, 6.45) is 1.84. The van der Waals surface area contributed by atoms with Crippen molar-refractivity contribution in [2.45, 2.75) is 0 Å². The first-order valence-electron chi connectivity index (χ1n) is 9.93. The number of methoxy groups -OCH3 is 2. The molecule has 0 bridgehead atoms. The molecule has 0 atom stereocenters. The summed E-state index contributed by atoms with van der Waals surface area (Å²) in [4.78, 5) is 30.2. The van der Waals surface area contributed by atoms with Gasteiger partial charge in [0.05, 0.1) is 25.6 Å². The van der Waals surface area contributed by atoms with Crippen molar-refractivity contribution in [2.75, 3.05) is 14.2 Å². The van der Waals surface area contributed by atoms with Gasteiger partial charge in [0.2, 0.25) is 5.78 Å². The molecule has 5 aromatic rings. The number of nitrogens with zero attached hydrogens (tertiary/aromatic N) is 5. The van der Waals surface area contributed by atoms with Gasteiger partial charge in [-0.05, 0) is 24.3 Å². The van der Waals surface area contributed by atoms with Crippen molar-refractivity contribution in [3.63, 3.8) is 0 Å². The molecular weight excluding hydrogens is 410 g/mol. The van der Waals surface area contributed by atoms with Crippen LogP contribution in [0.25, 0.3) is 33.9 Å². The van der Waals surface area contributed by atoms with Gasteiger partial charge < -0.3 is 9.47 Å². The zero-order valence-corrected chi connectivity index (χ0v) is 18.1. The molecule has 0 radical (unpaired) electrons. The Labute approximate surface area is 182 Å². The van der Waals surface area contributed by atoms with E-state index in [-0.39, 0.29) is 0 Å². The molecule has 9 heteroatoms. The fourth-order valence-electron chi connectivity index (χ4n) is 4.01. The van der Waals surface area contributed by atoms with Crippen LogP contribution in [0.2, 0.25) is 0 Å². The molecule has 0 unspecified atom stereocenters. The third-order valence-corrected chi connectivity index (χ3v) is 5.66. The first-order chi connectivity index (χ1) is 15.5. The molecule has 0 aliphatic carbocycles. The SMILES string of the molecule is COc1cccc(-c2cn3c4c(=O)n(C)c(=O)n(C)c4nc3n2-c2ccccc2OC)c1. The fraction of sp³-hybridized carbons (Fsp3) is 0.174. The average Bonchev–Trinajstić information content (AvgIpc) is 3.37. The van der Waals surface area contributed by atoms with Crippen LogP contribution in [0.3, 0.4) is 0 Å². The summed E-state index contributed by atoms with van der Waals surface area (Å²) in [5.41, 5.74) is 2.20. The van der Waals surface area contributed by atoms with Gasteiger partial charge in [-0.15, -0.1) is 0 Å². The van der Waals surface area contributed by atoms with E-state index in [2.05, 4.69) is 0 Å². The van der Waals surface area contributed by atoms with Crippen LogP contribution in [0.5, 0.6) is 11.5 Å². The molecular formula is C23H21N5O4. The molecule has 162 valence electrons. The summed E-state index contributed by atoms with van der Waals surface area (Å²) in [6.45, 7) is 0. The van der Waals surface area contributed by atoms with E-state index in [1.54, 1.807) is 25.7 Å². The van der Waals surface area contributed by atoms with Gasteiger partial charge in [-0.2, -0.15) is 4.98 Å². The Morgan fingerprint density at radius 3 is 2.44 bits per heavy atom. The van der Waals surface area contributed by atoms with Gasteiger partial charge in [-0.1, -0.05) is 24.3 Å². The summed E-state index contributed by atoms with van der Waals surface area (Å²) in [7, 11) is 6.28. The number of aromatic nitrogens is 5. The minimum Gasteiger partial charge on any atom is -0.497 e. The van der Waals surface area contributed by atoms with E-state index >= 15 is 0 Å². The predicted octanol–water partition coefficient (Wildman–Crippen LogP) is 2.36. The standard InChI is InChI=1S/C23H21N5O4/c1-25-20-19(21(29)26(2)23(25)30)27-13-17(14-8-7-9-15(12-14)31-3)28(22(27)24-20)16-10-5-6-11-18(16)32-4/h5-13H,1-4H3. The van der Waals surface area contributed by atoms with E-state index in [1.807, 2.05) is 59.3 Å². The second-order valence-electron chi connectivity index (χ2n) is 7.41. The molecule has 0 spiro atoms. The number of hydrogen-bond acceptors (Lipinski definition) is 5. The molecule has 0 aliphatic heterocycles. The summed E-state index contributed by atoms with van der Waals surface area (Å²) < 4.78 is 17.1. The van der Waals surface area contributed by atoms with E-state index in [4.69, 9.17) is 14.5 Å².